The van der Waals surface area contributed by atoms with Crippen molar-refractivity contribution in [3.8, 4) is 0 Å². The fraction of sp³-hybridized carbons (Fsp3) is 0.875. The van der Waals surface area contributed by atoms with Crippen molar-refractivity contribution in [3.05, 3.63) is 0 Å². The van der Waals surface area contributed by atoms with E-state index in [1.807, 2.05) is 0 Å². The van der Waals surface area contributed by atoms with E-state index in [-0.39, 0.29) is 5.41 Å². The molecule has 5 nitrogen and oxygen atoms in total. The van der Waals surface area contributed by atoms with Crippen molar-refractivity contribution < 1.29 is 14.3 Å². The van der Waals surface area contributed by atoms with Gasteiger partial charge in [0.25, 0.3) is 0 Å². The van der Waals surface area contributed by atoms with Gasteiger partial charge in [0.15, 0.2) is 0 Å². The molecular weight excluding hydrogens is 268 g/mol. The summed E-state index contributed by atoms with van der Waals surface area (Å²) in [6.07, 6.45) is 4.10. The van der Waals surface area contributed by atoms with E-state index >= 15 is 0 Å². The number of hydrogen-bond acceptors (Lipinski definition) is 3. The number of amidine groups is 1. The van der Waals surface area contributed by atoms with Crippen LogP contribution in [-0.2, 0) is 9.47 Å². The summed E-state index contributed by atoms with van der Waals surface area (Å²) in [7, 11) is 0. The first-order valence-corrected chi connectivity index (χ1v) is 8.11. The van der Waals surface area contributed by atoms with E-state index in [2.05, 4.69) is 30.7 Å². The highest BCUT2D eigenvalue weighted by Gasteiger charge is 2.30. The van der Waals surface area contributed by atoms with Crippen LogP contribution in [0.5, 0.6) is 0 Å². The van der Waals surface area contributed by atoms with Crippen LogP contribution in [0.2, 0.25) is 0 Å². The van der Waals surface area contributed by atoms with Crippen LogP contribution < -0.4 is 0 Å². The second-order valence-corrected chi connectivity index (χ2v) is 6.65. The van der Waals surface area contributed by atoms with Crippen LogP contribution in [0.3, 0.4) is 0 Å². The normalized spacial score (nSPS) is 21.1. The Kier molecular flexibility index (Phi) is 5.62. The highest BCUT2D eigenvalue weighted by Crippen LogP contribution is 2.27. The molecule has 21 heavy (non-hydrogen) atoms. The topological polar surface area (TPSA) is 51.1 Å². The van der Waals surface area contributed by atoms with Crippen LogP contribution in [0, 0.1) is 11.3 Å². The summed E-state index contributed by atoms with van der Waals surface area (Å²) in [5.41, 5.74) is -0.132. The van der Waals surface area contributed by atoms with Gasteiger partial charge in [-0.25, -0.2) is 4.79 Å². The Balaban J connectivity index is 2.01. The number of morpholine rings is 1. The number of amides is 1. The second kappa shape index (κ2) is 7.25. The van der Waals surface area contributed by atoms with Gasteiger partial charge in [0, 0.05) is 18.5 Å². The van der Waals surface area contributed by atoms with Gasteiger partial charge in [-0.15, -0.1) is 0 Å². The molecule has 1 heterocycles. The summed E-state index contributed by atoms with van der Waals surface area (Å²) in [5.74, 6) is 1.39. The van der Waals surface area contributed by atoms with Crippen LogP contribution in [0.25, 0.3) is 0 Å². The predicted octanol–water partition coefficient (Wildman–Crippen LogP) is 3.09. The molecule has 0 radical (unpaired) electrons. The fourth-order valence-electron chi connectivity index (χ4n) is 2.55. The number of aliphatic imine (C=N–C) groups is 1. The van der Waals surface area contributed by atoms with Crippen LogP contribution in [0.1, 0.15) is 46.5 Å². The predicted molar refractivity (Wildman–Crippen MR) is 82.6 cm³/mol. The standard InChI is InChI=1S/C16H28N2O3/c1-4-16(2,3)14(18-8-10-20-11-9-18)17-15(19)21-12-13-6-5-7-13/h13H,4-12H2,1-3H3/b17-14-. The molecule has 0 spiro atoms. The number of rotatable bonds is 4. The average molecular weight is 296 g/mol. The molecule has 0 bridgehead atoms. The van der Waals surface area contributed by atoms with Crippen molar-refractivity contribution in [2.45, 2.75) is 46.5 Å². The lowest BCUT2D eigenvalue weighted by molar-refractivity contribution is 0.0634. The summed E-state index contributed by atoms with van der Waals surface area (Å²) in [6.45, 7) is 9.85. The molecule has 2 fully saturated rings. The molecule has 0 atom stereocenters. The van der Waals surface area contributed by atoms with Gasteiger partial charge < -0.3 is 14.4 Å². The Morgan fingerprint density at radius 3 is 2.52 bits per heavy atom. The quantitative estimate of drug-likeness (QED) is 0.591. The minimum absolute atomic E-state index is 0.132. The van der Waals surface area contributed by atoms with E-state index in [0.717, 1.165) is 25.3 Å². The highest BCUT2D eigenvalue weighted by molar-refractivity contribution is 5.95. The number of nitrogens with zero attached hydrogens (tertiary/aromatic N) is 2. The molecule has 1 amide bonds. The summed E-state index contributed by atoms with van der Waals surface area (Å²) >= 11 is 0. The van der Waals surface area contributed by atoms with Gasteiger partial charge >= 0.3 is 6.09 Å². The minimum Gasteiger partial charge on any atom is -0.448 e. The summed E-state index contributed by atoms with van der Waals surface area (Å²) in [5, 5.41) is 0. The third-order valence-electron chi connectivity index (χ3n) is 4.66. The lowest BCUT2D eigenvalue weighted by atomic mass is 9.86. The second-order valence-electron chi connectivity index (χ2n) is 6.65. The van der Waals surface area contributed by atoms with Crippen molar-refractivity contribution in [3.63, 3.8) is 0 Å². The first kappa shape index (κ1) is 16.3. The van der Waals surface area contributed by atoms with Crippen molar-refractivity contribution in [2.75, 3.05) is 32.9 Å². The van der Waals surface area contributed by atoms with Crippen LogP contribution in [0.15, 0.2) is 4.99 Å². The molecule has 1 aliphatic heterocycles. The molecule has 2 aliphatic rings. The van der Waals surface area contributed by atoms with Gasteiger partial charge in [0.2, 0.25) is 0 Å². The van der Waals surface area contributed by atoms with Gasteiger partial charge in [-0.1, -0.05) is 27.2 Å². The van der Waals surface area contributed by atoms with Gasteiger partial charge in [-0.2, -0.15) is 4.99 Å². The van der Waals surface area contributed by atoms with Gasteiger partial charge in [-0.3, -0.25) is 0 Å². The van der Waals surface area contributed by atoms with Crippen molar-refractivity contribution in [1.82, 2.24) is 4.90 Å². The minimum atomic E-state index is -0.440. The lowest BCUT2D eigenvalue weighted by Crippen LogP contribution is -2.47. The molecule has 5 heteroatoms. The zero-order valence-electron chi connectivity index (χ0n) is 13.6. The van der Waals surface area contributed by atoms with Crippen molar-refractivity contribution in [2.24, 2.45) is 16.3 Å². The van der Waals surface area contributed by atoms with Crippen LogP contribution >= 0.6 is 0 Å². The van der Waals surface area contributed by atoms with E-state index in [9.17, 15) is 4.79 Å². The number of carbonyl (C=O) groups is 1. The molecule has 0 aromatic carbocycles. The van der Waals surface area contributed by atoms with E-state index in [0.29, 0.717) is 25.7 Å². The van der Waals surface area contributed by atoms with Crippen LogP contribution in [0.4, 0.5) is 4.79 Å². The SMILES string of the molecule is CCC(C)(C)/C(=N/C(=O)OCC1CCC1)N1CCOCC1. The Bertz CT molecular complexity index is 383. The Morgan fingerprint density at radius 1 is 1.33 bits per heavy atom. The van der Waals surface area contributed by atoms with Gasteiger partial charge in [-0.05, 0) is 25.2 Å². The molecule has 2 rings (SSSR count). The summed E-state index contributed by atoms with van der Waals surface area (Å²) in [6, 6.07) is 0. The van der Waals surface area contributed by atoms with E-state index in [1.54, 1.807) is 0 Å². The molecule has 1 saturated heterocycles. The highest BCUT2D eigenvalue weighted by atomic mass is 16.5. The molecule has 0 aromatic rings. The Morgan fingerprint density at radius 2 is 2.00 bits per heavy atom. The molecule has 1 aliphatic carbocycles. The summed E-state index contributed by atoms with van der Waals surface area (Å²) in [4.78, 5) is 18.5. The molecule has 120 valence electrons. The first-order valence-electron chi connectivity index (χ1n) is 8.11. The van der Waals surface area contributed by atoms with Gasteiger partial charge in [0.1, 0.15) is 5.84 Å². The van der Waals surface area contributed by atoms with E-state index < -0.39 is 6.09 Å². The van der Waals surface area contributed by atoms with Crippen LogP contribution in [-0.4, -0.2) is 49.7 Å². The number of hydrogen-bond donors (Lipinski definition) is 0. The maximum atomic E-state index is 12.0. The summed E-state index contributed by atoms with van der Waals surface area (Å²) < 4.78 is 10.7. The van der Waals surface area contributed by atoms with Crippen molar-refractivity contribution >= 4 is 11.9 Å². The largest absolute Gasteiger partial charge is 0.448 e. The lowest BCUT2D eigenvalue weighted by Gasteiger charge is -2.37. The molecule has 0 N–H and O–H groups in total. The van der Waals surface area contributed by atoms with E-state index in [1.165, 1.54) is 19.3 Å². The zero-order chi connectivity index (χ0) is 15.3. The smallest absolute Gasteiger partial charge is 0.435 e. The third kappa shape index (κ3) is 4.43. The maximum absolute atomic E-state index is 12.0. The molecular formula is C16H28N2O3. The Labute approximate surface area is 127 Å². The maximum Gasteiger partial charge on any atom is 0.435 e. The zero-order valence-corrected chi connectivity index (χ0v) is 13.6. The van der Waals surface area contributed by atoms with Gasteiger partial charge in [0.05, 0.1) is 19.8 Å². The molecule has 0 aromatic heterocycles. The van der Waals surface area contributed by atoms with E-state index in [4.69, 9.17) is 9.47 Å². The number of carbonyl (C=O) groups excluding carboxylic acids is 1. The fourth-order valence-corrected chi connectivity index (χ4v) is 2.55. The number of ether oxygens (including phenoxy) is 2. The monoisotopic (exact) mass is 296 g/mol. The van der Waals surface area contributed by atoms with Crippen molar-refractivity contribution in [1.29, 1.82) is 0 Å². The molecule has 1 saturated carbocycles. The molecule has 0 unspecified atom stereocenters. The third-order valence-corrected chi connectivity index (χ3v) is 4.66. The average Bonchev–Trinajstić information content (AvgIpc) is 2.44. The first-order chi connectivity index (χ1) is 10.0. The Hall–Kier alpha value is -1.10.